The van der Waals surface area contributed by atoms with Crippen molar-refractivity contribution in [1.29, 1.82) is 0 Å². The van der Waals surface area contributed by atoms with E-state index in [1.54, 1.807) is 0 Å². The van der Waals surface area contributed by atoms with Crippen LogP contribution in [0.2, 0.25) is 11.6 Å². The van der Waals surface area contributed by atoms with Gasteiger partial charge in [0.15, 0.2) is 0 Å². The van der Waals surface area contributed by atoms with Crippen molar-refractivity contribution in [2.24, 2.45) is 0 Å². The van der Waals surface area contributed by atoms with Crippen LogP contribution in [0.25, 0.3) is 0 Å². The van der Waals surface area contributed by atoms with E-state index >= 15 is 0 Å². The highest BCUT2D eigenvalue weighted by atomic mass is 27.2. The number of unbranched alkanes of at least 4 members (excludes halogenated alkanes) is 2. The summed E-state index contributed by atoms with van der Waals surface area (Å²) in [6, 6.07) is 0. The zero-order valence-corrected chi connectivity index (χ0v) is 14.0. The van der Waals surface area contributed by atoms with E-state index < -0.39 is 26.4 Å². The molecule has 0 aromatic rings. The SMILES string of the molecule is CCCCCC(F)C(C#[C][Al]([CH3])[CH3])OC(C)(C)C. The van der Waals surface area contributed by atoms with E-state index in [4.69, 9.17) is 4.74 Å². The van der Waals surface area contributed by atoms with Gasteiger partial charge in [-0.3, -0.25) is 0 Å². The van der Waals surface area contributed by atoms with Gasteiger partial charge in [-0.25, -0.2) is 9.17 Å². The smallest absolute Gasteiger partial charge is 0.357 e. The molecule has 0 N–H and O–H groups in total. The maximum absolute atomic E-state index is 14.2. The molecule has 0 saturated heterocycles. The molecule has 0 bridgehead atoms. The van der Waals surface area contributed by atoms with Crippen LogP contribution in [0.4, 0.5) is 4.39 Å². The Morgan fingerprint density at radius 1 is 1.22 bits per heavy atom. The second-order valence-corrected chi connectivity index (χ2v) is 8.70. The number of hydrogen-bond donors (Lipinski definition) is 0. The molecule has 0 aliphatic heterocycles. The van der Waals surface area contributed by atoms with Crippen LogP contribution >= 0.6 is 0 Å². The summed E-state index contributed by atoms with van der Waals surface area (Å²) >= 11 is -0.977. The van der Waals surface area contributed by atoms with Crippen molar-refractivity contribution in [1.82, 2.24) is 0 Å². The zero-order chi connectivity index (χ0) is 14.2. The summed E-state index contributed by atoms with van der Waals surface area (Å²) in [5, 5.41) is 0. The molecule has 1 nitrogen and oxygen atoms in total. The van der Waals surface area contributed by atoms with E-state index in [1.165, 1.54) is 0 Å². The Kier molecular flexibility index (Phi) is 8.97. The molecule has 104 valence electrons. The molecule has 0 aromatic carbocycles. The molecule has 0 fully saturated rings. The average molecular weight is 270 g/mol. The number of alkyl halides is 1. The minimum absolute atomic E-state index is 0.340. The topological polar surface area (TPSA) is 9.23 Å². The summed E-state index contributed by atoms with van der Waals surface area (Å²) in [6.07, 6.45) is 2.15. The molecule has 0 heterocycles. The molecule has 0 saturated carbocycles. The molecule has 0 spiro atoms. The van der Waals surface area contributed by atoms with Gasteiger partial charge in [0, 0.05) is 0 Å². The summed E-state index contributed by atoms with van der Waals surface area (Å²) in [5.74, 6) is 7.31. The van der Waals surface area contributed by atoms with Gasteiger partial charge in [-0.15, -0.1) is 0 Å². The summed E-state index contributed by atoms with van der Waals surface area (Å²) in [7, 11) is 0. The first-order valence-corrected chi connectivity index (χ1v) is 9.98. The first-order valence-electron chi connectivity index (χ1n) is 7.09. The third-order valence-corrected chi connectivity index (χ3v) is 3.15. The molecule has 0 amide bonds. The Morgan fingerprint density at radius 2 is 1.83 bits per heavy atom. The normalized spacial score (nSPS) is 14.6. The Balaban J connectivity index is 4.51. The Hall–Kier alpha value is -0.0175. The summed E-state index contributed by atoms with van der Waals surface area (Å²) in [5.41, 5.74) is -0.340. The predicted molar refractivity (Wildman–Crippen MR) is 78.9 cm³/mol. The van der Waals surface area contributed by atoms with Gasteiger partial charge < -0.3 is 4.74 Å². The minimum Gasteiger partial charge on any atom is -0.357 e. The van der Waals surface area contributed by atoms with E-state index in [9.17, 15) is 4.39 Å². The molecular formula is C15H28AlFO. The molecule has 0 radical (unpaired) electrons. The van der Waals surface area contributed by atoms with E-state index in [0.717, 1.165) is 19.3 Å². The molecule has 0 aliphatic carbocycles. The lowest BCUT2D eigenvalue weighted by molar-refractivity contribution is -0.0655. The van der Waals surface area contributed by atoms with Gasteiger partial charge in [0.1, 0.15) is 12.3 Å². The lowest BCUT2D eigenvalue weighted by Gasteiger charge is -2.26. The zero-order valence-electron chi connectivity index (χ0n) is 12.8. The highest BCUT2D eigenvalue weighted by Gasteiger charge is 2.25. The van der Waals surface area contributed by atoms with Crippen LogP contribution < -0.4 is 0 Å². The van der Waals surface area contributed by atoms with Gasteiger partial charge in [-0.05, 0) is 27.2 Å². The molecule has 3 heteroatoms. The van der Waals surface area contributed by atoms with Gasteiger partial charge in [0.05, 0.1) is 5.60 Å². The molecule has 18 heavy (non-hydrogen) atoms. The Labute approximate surface area is 117 Å². The van der Waals surface area contributed by atoms with Crippen LogP contribution in [-0.4, -0.2) is 32.0 Å². The molecule has 2 unspecified atom stereocenters. The van der Waals surface area contributed by atoms with Crippen molar-refractivity contribution in [3.63, 3.8) is 0 Å². The van der Waals surface area contributed by atoms with Crippen molar-refractivity contribution in [3.05, 3.63) is 0 Å². The minimum atomic E-state index is -0.977. The molecule has 2 atom stereocenters. The van der Waals surface area contributed by atoms with Crippen molar-refractivity contribution < 1.29 is 9.13 Å². The maximum atomic E-state index is 14.2. The second kappa shape index (κ2) is 8.98. The monoisotopic (exact) mass is 270 g/mol. The summed E-state index contributed by atoms with van der Waals surface area (Å²) in [6.45, 7) is 7.98. The number of hydrogen-bond acceptors (Lipinski definition) is 1. The Bertz CT molecular complexity index is 272. The van der Waals surface area contributed by atoms with Gasteiger partial charge in [0.25, 0.3) is 0 Å². The number of ether oxygens (including phenoxy) is 1. The van der Waals surface area contributed by atoms with Gasteiger partial charge in [-0.1, -0.05) is 43.7 Å². The first kappa shape index (κ1) is 18.0. The molecule has 0 aromatic heterocycles. The summed E-state index contributed by atoms with van der Waals surface area (Å²) in [4.78, 5) is 3.16. The fourth-order valence-corrected chi connectivity index (χ4v) is 2.06. The standard InChI is InChI=1S/C13H22FO.2CH3.Al/c1-6-8-9-10-11(14)12(7-2)15-13(3,4)5;;;/h11-12H,6,8-10H2,1,3-5H3;2*1H3;. The van der Waals surface area contributed by atoms with Crippen molar-refractivity contribution >= 4 is 14.1 Å². The van der Waals surface area contributed by atoms with E-state index in [0.29, 0.717) is 6.42 Å². The number of rotatable bonds is 6. The fourth-order valence-electron chi connectivity index (χ4n) is 1.56. The predicted octanol–water partition coefficient (Wildman–Crippen LogP) is 4.39. The third kappa shape index (κ3) is 9.96. The van der Waals surface area contributed by atoms with Gasteiger partial charge >= 0.3 is 14.1 Å². The molecular weight excluding hydrogens is 242 g/mol. The van der Waals surface area contributed by atoms with Crippen molar-refractivity contribution in [2.45, 2.75) is 82.8 Å². The first-order chi connectivity index (χ1) is 8.26. The largest absolute Gasteiger partial charge is 0.369 e. The van der Waals surface area contributed by atoms with Crippen molar-refractivity contribution in [3.8, 4) is 10.7 Å². The fraction of sp³-hybridized carbons (Fsp3) is 0.867. The van der Waals surface area contributed by atoms with Gasteiger partial charge in [-0.2, -0.15) is 0 Å². The molecule has 0 aliphatic rings. The van der Waals surface area contributed by atoms with Crippen molar-refractivity contribution in [2.75, 3.05) is 0 Å². The van der Waals surface area contributed by atoms with Crippen LogP contribution in [0, 0.1) is 10.7 Å². The van der Waals surface area contributed by atoms with Crippen LogP contribution in [0.3, 0.4) is 0 Å². The lowest BCUT2D eigenvalue weighted by Crippen LogP contribution is -2.33. The second-order valence-electron chi connectivity index (χ2n) is 6.11. The Morgan fingerprint density at radius 3 is 2.28 bits per heavy atom. The lowest BCUT2D eigenvalue weighted by atomic mass is 10.1. The number of halogens is 1. The third-order valence-electron chi connectivity index (χ3n) is 2.41. The van der Waals surface area contributed by atoms with E-state index in [2.05, 4.69) is 29.2 Å². The van der Waals surface area contributed by atoms with Gasteiger partial charge in [0.2, 0.25) is 0 Å². The van der Waals surface area contributed by atoms with E-state index in [-0.39, 0.29) is 5.60 Å². The average Bonchev–Trinajstić information content (AvgIpc) is 2.22. The van der Waals surface area contributed by atoms with Crippen LogP contribution in [0.5, 0.6) is 0 Å². The highest BCUT2D eigenvalue weighted by Crippen LogP contribution is 2.18. The van der Waals surface area contributed by atoms with Crippen LogP contribution in [0.1, 0.15) is 53.4 Å². The van der Waals surface area contributed by atoms with Crippen LogP contribution in [0.15, 0.2) is 0 Å². The maximum Gasteiger partial charge on any atom is 0.369 e. The van der Waals surface area contributed by atoms with Crippen LogP contribution in [-0.2, 0) is 4.74 Å². The highest BCUT2D eigenvalue weighted by molar-refractivity contribution is 6.64. The molecule has 0 rings (SSSR count). The summed E-state index contributed by atoms with van der Waals surface area (Å²) < 4.78 is 19.9. The van der Waals surface area contributed by atoms with E-state index in [1.807, 2.05) is 20.8 Å². The quantitative estimate of drug-likeness (QED) is 0.395.